The molecule has 1 aromatic carbocycles. The maximum atomic E-state index is 6.22. The molecular formula is C13H14Cl2N2. The number of nitrogen functional groups attached to an aromatic ring is 1. The van der Waals surface area contributed by atoms with Crippen LogP contribution in [0.1, 0.15) is 24.1 Å². The summed E-state index contributed by atoms with van der Waals surface area (Å²) in [6.07, 6.45) is 4.50. The highest BCUT2D eigenvalue weighted by Crippen LogP contribution is 2.34. The summed E-state index contributed by atoms with van der Waals surface area (Å²) in [5.74, 6) is 0. The highest BCUT2D eigenvalue weighted by Gasteiger charge is 2.17. The molecule has 0 radical (unpaired) electrons. The minimum Gasteiger partial charge on any atom is -0.398 e. The molecule has 1 heterocycles. The molecule has 0 saturated carbocycles. The first kappa shape index (κ1) is 12.5. The van der Waals surface area contributed by atoms with Gasteiger partial charge in [-0.05, 0) is 43.4 Å². The highest BCUT2D eigenvalue weighted by molar-refractivity contribution is 6.36. The van der Waals surface area contributed by atoms with Gasteiger partial charge in [0.1, 0.15) is 0 Å². The van der Waals surface area contributed by atoms with Crippen molar-refractivity contribution in [1.82, 2.24) is 4.98 Å². The molecule has 3 rings (SSSR count). The number of nitrogens with zero attached hydrogens (tertiary/aromatic N) is 1. The summed E-state index contributed by atoms with van der Waals surface area (Å²) in [6, 6.07) is 5.77. The summed E-state index contributed by atoms with van der Waals surface area (Å²) >= 11 is 6.18. The Labute approximate surface area is 112 Å². The number of anilines is 1. The van der Waals surface area contributed by atoms with Gasteiger partial charge < -0.3 is 5.73 Å². The molecule has 0 bridgehead atoms. The summed E-state index contributed by atoms with van der Waals surface area (Å²) < 4.78 is 0. The second kappa shape index (κ2) is 4.71. The normalized spacial score (nSPS) is 14.2. The van der Waals surface area contributed by atoms with Crippen LogP contribution in [0.2, 0.25) is 5.02 Å². The van der Waals surface area contributed by atoms with Crippen molar-refractivity contribution in [1.29, 1.82) is 0 Å². The van der Waals surface area contributed by atoms with E-state index in [4.69, 9.17) is 17.3 Å². The number of nitrogens with two attached hydrogens (primary N) is 1. The number of fused-ring (bicyclic) bond motifs is 2. The Kier molecular flexibility index (Phi) is 3.45. The largest absolute Gasteiger partial charge is 0.398 e. The summed E-state index contributed by atoms with van der Waals surface area (Å²) in [5.41, 5.74) is 10.4. The molecule has 0 spiro atoms. The van der Waals surface area contributed by atoms with Crippen LogP contribution in [0.4, 0.5) is 5.69 Å². The molecule has 0 amide bonds. The van der Waals surface area contributed by atoms with Gasteiger partial charge in [0, 0.05) is 16.8 Å². The zero-order valence-electron chi connectivity index (χ0n) is 9.37. The van der Waals surface area contributed by atoms with Crippen LogP contribution in [-0.4, -0.2) is 4.98 Å². The minimum absolute atomic E-state index is 0. The number of aromatic nitrogens is 1. The van der Waals surface area contributed by atoms with Crippen molar-refractivity contribution in [2.24, 2.45) is 0 Å². The van der Waals surface area contributed by atoms with Crippen molar-refractivity contribution in [3.63, 3.8) is 0 Å². The molecule has 2 nitrogen and oxygen atoms in total. The number of benzene rings is 1. The van der Waals surface area contributed by atoms with Crippen LogP contribution in [0.3, 0.4) is 0 Å². The molecule has 2 N–H and O–H groups in total. The molecule has 0 fully saturated rings. The fourth-order valence-corrected chi connectivity index (χ4v) is 2.74. The summed E-state index contributed by atoms with van der Waals surface area (Å²) in [6.45, 7) is 0. The minimum atomic E-state index is 0. The van der Waals surface area contributed by atoms with Crippen molar-refractivity contribution >= 4 is 40.6 Å². The molecule has 0 aliphatic heterocycles. The molecular weight excluding hydrogens is 255 g/mol. The third kappa shape index (κ3) is 1.96. The number of pyridine rings is 1. The molecule has 0 atom stereocenters. The van der Waals surface area contributed by atoms with Gasteiger partial charge in [-0.1, -0.05) is 17.7 Å². The van der Waals surface area contributed by atoms with E-state index in [0.29, 0.717) is 5.02 Å². The predicted octanol–water partition coefficient (Wildman–Crippen LogP) is 3.77. The molecule has 0 saturated heterocycles. The van der Waals surface area contributed by atoms with Crippen molar-refractivity contribution in [3.8, 4) is 0 Å². The average Bonchev–Trinajstić information content (AvgIpc) is 2.29. The summed E-state index contributed by atoms with van der Waals surface area (Å²) in [4.78, 5) is 4.67. The van der Waals surface area contributed by atoms with Gasteiger partial charge in [0.2, 0.25) is 0 Å². The predicted molar refractivity (Wildman–Crippen MR) is 75.1 cm³/mol. The number of halogens is 2. The van der Waals surface area contributed by atoms with E-state index in [1.54, 1.807) is 0 Å². The van der Waals surface area contributed by atoms with Crippen LogP contribution >= 0.6 is 24.0 Å². The van der Waals surface area contributed by atoms with Gasteiger partial charge >= 0.3 is 0 Å². The molecule has 1 aliphatic rings. The lowest BCUT2D eigenvalue weighted by Crippen LogP contribution is -2.09. The fourth-order valence-electron chi connectivity index (χ4n) is 2.47. The molecule has 2 aromatic rings. The van der Waals surface area contributed by atoms with Gasteiger partial charge in [0.05, 0.1) is 10.5 Å². The zero-order valence-corrected chi connectivity index (χ0v) is 10.9. The molecule has 1 aliphatic carbocycles. The van der Waals surface area contributed by atoms with Crippen LogP contribution in [0, 0.1) is 0 Å². The van der Waals surface area contributed by atoms with E-state index in [-0.39, 0.29) is 12.4 Å². The number of aryl methyl sites for hydroxylation is 1. The topological polar surface area (TPSA) is 38.9 Å². The van der Waals surface area contributed by atoms with Gasteiger partial charge in [0.25, 0.3) is 0 Å². The fraction of sp³-hybridized carbons (Fsp3) is 0.308. The molecule has 1 aromatic heterocycles. The zero-order chi connectivity index (χ0) is 11.1. The van der Waals surface area contributed by atoms with Crippen LogP contribution in [0.15, 0.2) is 18.2 Å². The SMILES string of the molecule is Cl.Nc1c2c(nc3cccc(Cl)c13)CCCC2. The van der Waals surface area contributed by atoms with Crippen LogP contribution in [-0.2, 0) is 12.8 Å². The van der Waals surface area contributed by atoms with Gasteiger partial charge in [-0.2, -0.15) is 0 Å². The second-order valence-electron chi connectivity index (χ2n) is 4.29. The smallest absolute Gasteiger partial charge is 0.0741 e. The Bertz CT molecular complexity index is 567. The molecule has 0 unspecified atom stereocenters. The summed E-state index contributed by atoms with van der Waals surface area (Å²) in [7, 11) is 0. The third-order valence-electron chi connectivity index (χ3n) is 3.28. The average molecular weight is 269 g/mol. The number of rotatable bonds is 0. The van der Waals surface area contributed by atoms with E-state index in [1.165, 1.54) is 24.1 Å². The van der Waals surface area contributed by atoms with Crippen LogP contribution < -0.4 is 5.73 Å². The van der Waals surface area contributed by atoms with Crippen LogP contribution in [0.25, 0.3) is 10.9 Å². The van der Waals surface area contributed by atoms with Crippen molar-refractivity contribution < 1.29 is 0 Å². The Morgan fingerprint density at radius 2 is 1.94 bits per heavy atom. The van der Waals surface area contributed by atoms with Gasteiger partial charge in [-0.15, -0.1) is 12.4 Å². The van der Waals surface area contributed by atoms with E-state index in [0.717, 1.165) is 29.4 Å². The Morgan fingerprint density at radius 1 is 1.18 bits per heavy atom. The van der Waals surface area contributed by atoms with Crippen molar-refractivity contribution in [2.75, 3.05) is 5.73 Å². The maximum Gasteiger partial charge on any atom is 0.0741 e. The first-order valence-corrected chi connectivity index (χ1v) is 6.00. The van der Waals surface area contributed by atoms with E-state index >= 15 is 0 Å². The number of hydrogen-bond acceptors (Lipinski definition) is 2. The Hall–Kier alpha value is -0.990. The van der Waals surface area contributed by atoms with E-state index in [9.17, 15) is 0 Å². The Balaban J connectivity index is 0.00000108. The van der Waals surface area contributed by atoms with Gasteiger partial charge in [0.15, 0.2) is 0 Å². The summed E-state index contributed by atoms with van der Waals surface area (Å²) in [5, 5.41) is 1.63. The van der Waals surface area contributed by atoms with Gasteiger partial charge in [-0.25, -0.2) is 0 Å². The Morgan fingerprint density at radius 3 is 2.76 bits per heavy atom. The molecule has 4 heteroatoms. The lowest BCUT2D eigenvalue weighted by molar-refractivity contribution is 0.673. The number of hydrogen-bond donors (Lipinski definition) is 1. The maximum absolute atomic E-state index is 6.22. The first-order valence-electron chi connectivity index (χ1n) is 5.63. The van der Waals surface area contributed by atoms with Crippen molar-refractivity contribution in [2.45, 2.75) is 25.7 Å². The quantitative estimate of drug-likeness (QED) is 0.790. The van der Waals surface area contributed by atoms with E-state index in [2.05, 4.69) is 4.98 Å². The highest BCUT2D eigenvalue weighted by atomic mass is 35.5. The van der Waals surface area contributed by atoms with Crippen LogP contribution in [0.5, 0.6) is 0 Å². The monoisotopic (exact) mass is 268 g/mol. The lowest BCUT2D eigenvalue weighted by atomic mass is 9.93. The lowest BCUT2D eigenvalue weighted by Gasteiger charge is -2.18. The van der Waals surface area contributed by atoms with Gasteiger partial charge in [-0.3, -0.25) is 4.98 Å². The molecule has 17 heavy (non-hydrogen) atoms. The standard InChI is InChI=1S/C13H13ClN2.ClH/c14-9-5-3-7-11-12(9)13(15)8-4-1-2-6-10(8)16-11;/h3,5,7H,1-2,4,6H2,(H2,15,16);1H. The van der Waals surface area contributed by atoms with Crippen molar-refractivity contribution in [3.05, 3.63) is 34.5 Å². The second-order valence-corrected chi connectivity index (χ2v) is 4.70. The third-order valence-corrected chi connectivity index (χ3v) is 3.60. The molecule has 90 valence electrons. The van der Waals surface area contributed by atoms with E-state index in [1.807, 2.05) is 18.2 Å². The van der Waals surface area contributed by atoms with E-state index < -0.39 is 0 Å². The first-order chi connectivity index (χ1) is 7.77.